The van der Waals surface area contributed by atoms with Crippen LogP contribution in [0.5, 0.6) is 0 Å². The fraction of sp³-hybridized carbons (Fsp3) is 0.647. The van der Waals surface area contributed by atoms with Gasteiger partial charge in [0.15, 0.2) is 0 Å². The summed E-state index contributed by atoms with van der Waals surface area (Å²) in [5.41, 5.74) is 1.69. The Morgan fingerprint density at radius 1 is 1.14 bits per heavy atom. The average Bonchev–Trinajstić information content (AvgIpc) is 2.42. The van der Waals surface area contributed by atoms with Crippen molar-refractivity contribution in [3.05, 3.63) is 29.6 Å². The third-order valence-electron chi connectivity index (χ3n) is 3.65. The number of nitrogens with zero attached hydrogens (tertiary/aromatic N) is 2. The van der Waals surface area contributed by atoms with Crippen molar-refractivity contribution in [2.24, 2.45) is 5.92 Å². The van der Waals surface area contributed by atoms with E-state index in [1.165, 1.54) is 0 Å². The molecule has 0 fully saturated rings. The first kappa shape index (κ1) is 17.9. The van der Waals surface area contributed by atoms with Crippen molar-refractivity contribution in [3.8, 4) is 0 Å². The molecule has 0 heterocycles. The van der Waals surface area contributed by atoms with Crippen LogP contribution >= 0.6 is 0 Å². The van der Waals surface area contributed by atoms with E-state index in [0.717, 1.165) is 25.2 Å². The molecular weight excluding hydrogens is 265 g/mol. The Hall–Kier alpha value is -1.13. The zero-order valence-electron chi connectivity index (χ0n) is 14.3. The van der Waals surface area contributed by atoms with E-state index in [4.69, 9.17) is 0 Å². The summed E-state index contributed by atoms with van der Waals surface area (Å²) in [6.07, 6.45) is 0. The molecule has 0 amide bonds. The van der Waals surface area contributed by atoms with Gasteiger partial charge in [-0.1, -0.05) is 19.9 Å². The second-order valence-corrected chi connectivity index (χ2v) is 6.36. The van der Waals surface area contributed by atoms with Crippen molar-refractivity contribution < 1.29 is 4.39 Å². The minimum atomic E-state index is -0.131. The minimum absolute atomic E-state index is 0.131. The molecule has 3 nitrogen and oxygen atoms in total. The smallest absolute Gasteiger partial charge is 0.146 e. The molecule has 0 bridgehead atoms. The standard InChI is InChI=1S/C17H30FN3/c1-13(2)12-21(10-9-20(5)6)17-8-7-15(11-16(17)18)14(3)19-4/h7-8,11,13-14,19H,9-10,12H2,1-6H3. The van der Waals surface area contributed by atoms with Crippen molar-refractivity contribution in [3.63, 3.8) is 0 Å². The number of rotatable bonds is 8. The van der Waals surface area contributed by atoms with Crippen LogP contribution in [0.2, 0.25) is 0 Å². The molecule has 1 unspecified atom stereocenters. The lowest BCUT2D eigenvalue weighted by atomic mass is 10.1. The van der Waals surface area contributed by atoms with Gasteiger partial charge >= 0.3 is 0 Å². The van der Waals surface area contributed by atoms with Crippen LogP contribution in [0.15, 0.2) is 18.2 Å². The van der Waals surface area contributed by atoms with Crippen molar-refractivity contribution in [2.45, 2.75) is 26.8 Å². The Morgan fingerprint density at radius 3 is 2.29 bits per heavy atom. The molecule has 4 heteroatoms. The Bertz CT molecular complexity index is 432. The molecule has 1 aromatic carbocycles. The summed E-state index contributed by atoms with van der Waals surface area (Å²) >= 11 is 0. The molecule has 1 N–H and O–H groups in total. The highest BCUT2D eigenvalue weighted by atomic mass is 19.1. The van der Waals surface area contributed by atoms with Crippen LogP contribution < -0.4 is 10.2 Å². The van der Waals surface area contributed by atoms with Crippen LogP contribution in [0.25, 0.3) is 0 Å². The molecule has 0 aromatic heterocycles. The maximum absolute atomic E-state index is 14.5. The molecule has 1 atom stereocenters. The van der Waals surface area contributed by atoms with E-state index in [-0.39, 0.29) is 11.9 Å². The molecular formula is C17H30FN3. The third kappa shape index (κ3) is 5.64. The molecule has 120 valence electrons. The highest BCUT2D eigenvalue weighted by Gasteiger charge is 2.15. The second kappa shape index (κ2) is 8.35. The van der Waals surface area contributed by atoms with Gasteiger partial charge in [0.05, 0.1) is 5.69 Å². The molecule has 0 saturated heterocycles. The van der Waals surface area contributed by atoms with Gasteiger partial charge in [-0.15, -0.1) is 0 Å². The van der Waals surface area contributed by atoms with Crippen LogP contribution in [0, 0.1) is 11.7 Å². The summed E-state index contributed by atoms with van der Waals surface area (Å²) in [5.74, 6) is 0.372. The topological polar surface area (TPSA) is 18.5 Å². The number of halogens is 1. The Kier molecular flexibility index (Phi) is 7.12. The number of anilines is 1. The fourth-order valence-electron chi connectivity index (χ4n) is 2.29. The first-order valence-electron chi connectivity index (χ1n) is 7.71. The van der Waals surface area contributed by atoms with Crippen LogP contribution in [0.4, 0.5) is 10.1 Å². The number of likely N-dealkylation sites (N-methyl/N-ethyl adjacent to an activating group) is 1. The van der Waals surface area contributed by atoms with Gasteiger partial charge in [0.2, 0.25) is 0 Å². The molecule has 0 aliphatic heterocycles. The molecule has 0 saturated carbocycles. The van der Waals surface area contributed by atoms with Crippen molar-refractivity contribution in [1.29, 1.82) is 0 Å². The van der Waals surface area contributed by atoms with Crippen LogP contribution in [-0.2, 0) is 0 Å². The van der Waals surface area contributed by atoms with Gasteiger partial charge in [0, 0.05) is 25.7 Å². The van der Waals surface area contributed by atoms with E-state index < -0.39 is 0 Å². The lowest BCUT2D eigenvalue weighted by molar-refractivity contribution is 0.407. The summed E-state index contributed by atoms with van der Waals surface area (Å²) in [5, 5.41) is 3.14. The zero-order chi connectivity index (χ0) is 16.0. The highest BCUT2D eigenvalue weighted by molar-refractivity contribution is 5.49. The quantitative estimate of drug-likeness (QED) is 0.795. The molecule has 0 radical (unpaired) electrons. The van der Waals surface area contributed by atoms with E-state index in [1.807, 2.05) is 40.2 Å². The minimum Gasteiger partial charge on any atom is -0.368 e. The Balaban J connectivity index is 2.95. The maximum Gasteiger partial charge on any atom is 0.146 e. The summed E-state index contributed by atoms with van der Waals surface area (Å²) in [6, 6.07) is 5.74. The summed E-state index contributed by atoms with van der Waals surface area (Å²) in [6.45, 7) is 8.98. The largest absolute Gasteiger partial charge is 0.368 e. The zero-order valence-corrected chi connectivity index (χ0v) is 14.3. The van der Waals surface area contributed by atoms with Crippen LogP contribution in [0.3, 0.4) is 0 Å². The average molecular weight is 295 g/mol. The van der Waals surface area contributed by atoms with E-state index in [1.54, 1.807) is 6.07 Å². The number of benzene rings is 1. The first-order valence-corrected chi connectivity index (χ1v) is 7.71. The second-order valence-electron chi connectivity index (χ2n) is 6.36. The summed E-state index contributed by atoms with van der Waals surface area (Å²) in [4.78, 5) is 4.27. The SMILES string of the molecule is CNC(C)c1ccc(N(CCN(C)C)CC(C)C)c(F)c1. The lowest BCUT2D eigenvalue weighted by Gasteiger charge is -2.29. The Labute approximate surface area is 129 Å². The van der Waals surface area contributed by atoms with Gasteiger partial charge in [-0.05, 0) is 51.7 Å². The van der Waals surface area contributed by atoms with Gasteiger partial charge in [-0.25, -0.2) is 4.39 Å². The summed E-state index contributed by atoms with van der Waals surface area (Å²) in [7, 11) is 5.97. The van der Waals surface area contributed by atoms with Crippen molar-refractivity contribution in [2.75, 3.05) is 45.7 Å². The van der Waals surface area contributed by atoms with Gasteiger partial charge < -0.3 is 15.1 Å². The van der Waals surface area contributed by atoms with Gasteiger partial charge in [0.25, 0.3) is 0 Å². The normalized spacial score (nSPS) is 13.0. The van der Waals surface area contributed by atoms with Crippen molar-refractivity contribution in [1.82, 2.24) is 10.2 Å². The van der Waals surface area contributed by atoms with E-state index in [0.29, 0.717) is 11.6 Å². The highest BCUT2D eigenvalue weighted by Crippen LogP contribution is 2.24. The fourth-order valence-corrected chi connectivity index (χ4v) is 2.29. The lowest BCUT2D eigenvalue weighted by Crippen LogP contribution is -2.35. The van der Waals surface area contributed by atoms with E-state index in [2.05, 4.69) is 29.0 Å². The van der Waals surface area contributed by atoms with Gasteiger partial charge in [-0.2, -0.15) is 0 Å². The first-order chi connectivity index (χ1) is 9.85. The van der Waals surface area contributed by atoms with Crippen LogP contribution in [0.1, 0.15) is 32.4 Å². The van der Waals surface area contributed by atoms with Crippen LogP contribution in [-0.4, -0.2) is 45.7 Å². The number of hydrogen-bond donors (Lipinski definition) is 1. The number of nitrogens with one attached hydrogen (secondary N) is 1. The van der Waals surface area contributed by atoms with E-state index in [9.17, 15) is 4.39 Å². The van der Waals surface area contributed by atoms with Gasteiger partial charge in [-0.3, -0.25) is 0 Å². The van der Waals surface area contributed by atoms with Crippen molar-refractivity contribution >= 4 is 5.69 Å². The maximum atomic E-state index is 14.5. The molecule has 1 rings (SSSR count). The van der Waals surface area contributed by atoms with E-state index >= 15 is 0 Å². The monoisotopic (exact) mass is 295 g/mol. The molecule has 21 heavy (non-hydrogen) atoms. The predicted octanol–water partition coefficient (Wildman–Crippen LogP) is 3.13. The Morgan fingerprint density at radius 2 is 1.81 bits per heavy atom. The summed E-state index contributed by atoms with van der Waals surface area (Å²) < 4.78 is 14.5. The third-order valence-corrected chi connectivity index (χ3v) is 3.65. The predicted molar refractivity (Wildman–Crippen MR) is 89.5 cm³/mol. The molecule has 1 aromatic rings. The molecule has 0 spiro atoms. The molecule has 0 aliphatic carbocycles. The van der Waals surface area contributed by atoms with Gasteiger partial charge in [0.1, 0.15) is 5.82 Å². The number of hydrogen-bond acceptors (Lipinski definition) is 3. The molecule has 0 aliphatic rings.